The topological polar surface area (TPSA) is 0 Å². The van der Waals surface area contributed by atoms with Crippen molar-refractivity contribution in [3.8, 4) is 0 Å². The van der Waals surface area contributed by atoms with Crippen molar-refractivity contribution in [1.29, 1.82) is 0 Å². The minimum atomic E-state index is -1.15. The Morgan fingerprint density at radius 1 is 0.889 bits per heavy atom. The van der Waals surface area contributed by atoms with Crippen LogP contribution in [0.2, 0.25) is 13.1 Å². The first-order valence-electron chi connectivity index (χ1n) is 10.7. The maximum atomic E-state index is 2.55. The van der Waals surface area contributed by atoms with Crippen molar-refractivity contribution in [3.63, 3.8) is 0 Å². The standard InChI is InChI=1S/C26H30Si/c1-18(12-14-20-16-15-19-8-4-5-9-21(19)20)13-17-24-22-10-6-7-11-23(22)25-26(24)27(25,2)3/h4-11,15-16,18,20,24H,12-14,17H2,1-3H3. The van der Waals surface area contributed by atoms with Gasteiger partial charge < -0.3 is 0 Å². The SMILES string of the molecule is CC(CCC1C=Cc2ccccc21)CCC1C2=C(c3ccccc31)[Si]2(C)C. The molecule has 0 nitrogen and oxygen atoms in total. The zero-order valence-corrected chi connectivity index (χ0v) is 17.8. The van der Waals surface area contributed by atoms with E-state index in [0.717, 1.165) is 11.8 Å². The van der Waals surface area contributed by atoms with Gasteiger partial charge in [0.25, 0.3) is 0 Å². The van der Waals surface area contributed by atoms with E-state index in [2.05, 4.69) is 80.7 Å². The molecule has 2 aromatic rings. The lowest BCUT2D eigenvalue weighted by molar-refractivity contribution is 0.441. The molecule has 0 aromatic heterocycles. The van der Waals surface area contributed by atoms with Gasteiger partial charge >= 0.3 is 0 Å². The van der Waals surface area contributed by atoms with Gasteiger partial charge in [0.1, 0.15) is 8.07 Å². The van der Waals surface area contributed by atoms with Crippen molar-refractivity contribution >= 4 is 19.3 Å². The Morgan fingerprint density at radius 3 is 2.44 bits per heavy atom. The Bertz CT molecular complexity index is 946. The van der Waals surface area contributed by atoms with Gasteiger partial charge in [0.05, 0.1) is 0 Å². The van der Waals surface area contributed by atoms with E-state index in [1.54, 1.807) is 16.3 Å². The lowest BCUT2D eigenvalue weighted by atomic mass is 9.87. The zero-order chi connectivity index (χ0) is 18.6. The van der Waals surface area contributed by atoms with Crippen molar-refractivity contribution in [2.24, 2.45) is 5.92 Å². The van der Waals surface area contributed by atoms with Gasteiger partial charge in [-0.3, -0.25) is 0 Å². The summed E-state index contributed by atoms with van der Waals surface area (Å²) in [6.07, 6.45) is 10.1. The van der Waals surface area contributed by atoms with Crippen LogP contribution in [0.5, 0.6) is 0 Å². The van der Waals surface area contributed by atoms with Gasteiger partial charge in [0.2, 0.25) is 0 Å². The summed E-state index contributed by atoms with van der Waals surface area (Å²) >= 11 is 0. The number of fused-ring (bicyclic) bond motifs is 3. The number of hydrogen-bond acceptors (Lipinski definition) is 0. The van der Waals surface area contributed by atoms with Crippen LogP contribution in [-0.4, -0.2) is 8.07 Å². The molecule has 138 valence electrons. The van der Waals surface area contributed by atoms with Crippen LogP contribution in [0.15, 0.2) is 59.8 Å². The molecule has 0 fully saturated rings. The second-order valence-electron chi connectivity index (χ2n) is 9.41. The molecule has 0 spiro atoms. The monoisotopic (exact) mass is 370 g/mol. The number of hydrogen-bond donors (Lipinski definition) is 0. The van der Waals surface area contributed by atoms with E-state index in [9.17, 15) is 0 Å². The molecule has 3 atom stereocenters. The van der Waals surface area contributed by atoms with E-state index in [-0.39, 0.29) is 0 Å². The van der Waals surface area contributed by atoms with E-state index < -0.39 is 8.07 Å². The molecule has 5 rings (SSSR count). The predicted octanol–water partition coefficient (Wildman–Crippen LogP) is 7.34. The predicted molar refractivity (Wildman–Crippen MR) is 119 cm³/mol. The Kier molecular flexibility index (Phi) is 4.05. The molecule has 0 saturated carbocycles. The Hall–Kier alpha value is -1.86. The summed E-state index contributed by atoms with van der Waals surface area (Å²) in [5.74, 6) is 2.19. The van der Waals surface area contributed by atoms with Gasteiger partial charge in [-0.1, -0.05) is 91.1 Å². The Morgan fingerprint density at radius 2 is 1.59 bits per heavy atom. The van der Waals surface area contributed by atoms with Crippen LogP contribution in [0, 0.1) is 5.92 Å². The number of allylic oxidation sites excluding steroid dienone is 2. The maximum absolute atomic E-state index is 2.55. The minimum absolute atomic E-state index is 0.639. The summed E-state index contributed by atoms with van der Waals surface area (Å²) in [4.78, 5) is 0. The van der Waals surface area contributed by atoms with E-state index in [0.29, 0.717) is 5.92 Å². The summed E-state index contributed by atoms with van der Waals surface area (Å²) in [5, 5.41) is 3.67. The highest BCUT2D eigenvalue weighted by molar-refractivity contribution is 7.13. The molecule has 3 unspecified atom stereocenters. The summed E-state index contributed by atoms with van der Waals surface area (Å²) in [5.41, 5.74) is 6.21. The van der Waals surface area contributed by atoms with Crippen molar-refractivity contribution < 1.29 is 0 Å². The molecule has 0 saturated heterocycles. The van der Waals surface area contributed by atoms with E-state index in [1.165, 1.54) is 36.8 Å². The van der Waals surface area contributed by atoms with Crippen molar-refractivity contribution in [1.82, 2.24) is 0 Å². The van der Waals surface area contributed by atoms with Gasteiger partial charge in [0, 0.05) is 11.8 Å². The Labute approximate surface area is 165 Å². The average molecular weight is 371 g/mol. The van der Waals surface area contributed by atoms with Gasteiger partial charge in [-0.15, -0.1) is 0 Å². The third-order valence-corrected chi connectivity index (χ3v) is 10.8. The van der Waals surface area contributed by atoms with Crippen LogP contribution < -0.4 is 0 Å². The van der Waals surface area contributed by atoms with Crippen LogP contribution in [0.1, 0.15) is 66.7 Å². The summed E-state index contributed by atoms with van der Waals surface area (Å²) in [6, 6.07) is 18.1. The highest BCUT2D eigenvalue weighted by atomic mass is 28.3. The molecule has 3 aliphatic rings. The molecule has 0 N–H and O–H groups in total. The van der Waals surface area contributed by atoms with Crippen LogP contribution in [-0.2, 0) is 0 Å². The minimum Gasteiger partial charge on any atom is -0.0764 e. The van der Waals surface area contributed by atoms with Crippen molar-refractivity contribution in [2.45, 2.75) is 57.5 Å². The molecule has 0 radical (unpaired) electrons. The second-order valence-corrected chi connectivity index (χ2v) is 13.7. The first-order valence-corrected chi connectivity index (χ1v) is 13.7. The molecule has 2 aliphatic carbocycles. The zero-order valence-electron chi connectivity index (χ0n) is 16.8. The van der Waals surface area contributed by atoms with Gasteiger partial charge in [0.15, 0.2) is 0 Å². The average Bonchev–Trinajstić information content (AvgIpc) is 3.01. The Balaban J connectivity index is 1.19. The smallest absolute Gasteiger partial charge is 0.0764 e. The molecule has 1 heterocycles. The third-order valence-electron chi connectivity index (χ3n) is 7.28. The van der Waals surface area contributed by atoms with E-state index in [4.69, 9.17) is 0 Å². The molecule has 2 aromatic carbocycles. The van der Waals surface area contributed by atoms with Crippen molar-refractivity contribution in [3.05, 3.63) is 82.1 Å². The summed E-state index contributed by atoms with van der Waals surface area (Å²) in [7, 11) is -1.15. The molecular formula is C26H30Si. The largest absolute Gasteiger partial charge is 0.108 e. The fourth-order valence-corrected chi connectivity index (χ4v) is 9.83. The van der Waals surface area contributed by atoms with Crippen LogP contribution in [0.4, 0.5) is 0 Å². The molecule has 0 bridgehead atoms. The molecule has 1 aliphatic heterocycles. The quantitative estimate of drug-likeness (QED) is 0.466. The maximum Gasteiger partial charge on any atom is 0.108 e. The highest BCUT2D eigenvalue weighted by Crippen LogP contribution is 2.62. The van der Waals surface area contributed by atoms with Crippen LogP contribution in [0.3, 0.4) is 0 Å². The van der Waals surface area contributed by atoms with Crippen molar-refractivity contribution in [2.75, 3.05) is 0 Å². The second kappa shape index (κ2) is 6.34. The summed E-state index contributed by atoms with van der Waals surface area (Å²) in [6.45, 7) is 7.57. The highest BCUT2D eigenvalue weighted by Gasteiger charge is 2.55. The number of benzene rings is 2. The molecule has 27 heavy (non-hydrogen) atoms. The van der Waals surface area contributed by atoms with Crippen LogP contribution in [0.25, 0.3) is 11.3 Å². The lowest BCUT2D eigenvalue weighted by Crippen LogP contribution is -2.19. The molecule has 1 heteroatoms. The van der Waals surface area contributed by atoms with E-state index >= 15 is 0 Å². The van der Waals surface area contributed by atoms with Crippen LogP contribution >= 0.6 is 0 Å². The van der Waals surface area contributed by atoms with Gasteiger partial charge in [-0.2, -0.15) is 0 Å². The first kappa shape index (κ1) is 17.2. The fraction of sp³-hybridized carbons (Fsp3) is 0.385. The van der Waals surface area contributed by atoms with E-state index in [1.807, 2.05) is 5.20 Å². The lowest BCUT2D eigenvalue weighted by Gasteiger charge is -2.23. The molecular weight excluding hydrogens is 340 g/mol. The summed E-state index contributed by atoms with van der Waals surface area (Å²) < 4.78 is 0. The van der Waals surface area contributed by atoms with Gasteiger partial charge in [-0.05, 0) is 53.9 Å². The fourth-order valence-electron chi connectivity index (χ4n) is 5.71. The molecule has 0 amide bonds. The normalized spacial score (nSPS) is 24.6. The first-order chi connectivity index (χ1) is 13.1. The van der Waals surface area contributed by atoms with Gasteiger partial charge in [-0.25, -0.2) is 0 Å². The third kappa shape index (κ3) is 2.79. The number of rotatable bonds is 6.